The summed E-state index contributed by atoms with van der Waals surface area (Å²) in [6.45, 7) is 0.171. The van der Waals surface area contributed by atoms with Gasteiger partial charge >= 0.3 is 0 Å². The number of sulfonamides is 1. The van der Waals surface area contributed by atoms with Crippen molar-refractivity contribution in [3.8, 4) is 28.6 Å². The highest BCUT2D eigenvalue weighted by Crippen LogP contribution is 2.31. The minimum atomic E-state index is -3.85. The van der Waals surface area contributed by atoms with Crippen LogP contribution in [0.15, 0.2) is 72.1 Å². The van der Waals surface area contributed by atoms with E-state index < -0.39 is 14.9 Å². The van der Waals surface area contributed by atoms with Crippen molar-refractivity contribution < 1.29 is 13.3 Å². The number of hydrogen-bond acceptors (Lipinski definition) is 9. The number of nitro benzene ring substituents is 1. The third-order valence-corrected chi connectivity index (χ3v) is 6.41. The van der Waals surface area contributed by atoms with Crippen LogP contribution in [-0.4, -0.2) is 46.4 Å². The van der Waals surface area contributed by atoms with Crippen molar-refractivity contribution in [2.75, 3.05) is 18.4 Å². The number of nitriles is 1. The lowest BCUT2D eigenvalue weighted by atomic mass is 10.0. The molecule has 3 N–H and O–H groups in total. The molecule has 2 heterocycles. The Balaban J connectivity index is 1.49. The maximum absolute atomic E-state index is 12.4. The van der Waals surface area contributed by atoms with Gasteiger partial charge in [-0.2, -0.15) is 5.26 Å². The van der Waals surface area contributed by atoms with Crippen molar-refractivity contribution in [1.82, 2.24) is 24.7 Å². The van der Waals surface area contributed by atoms with E-state index in [9.17, 15) is 23.8 Å². The molecule has 12 nitrogen and oxygen atoms in total. The molecule has 0 amide bonds. The zero-order valence-corrected chi connectivity index (χ0v) is 18.9. The molecule has 0 saturated carbocycles. The van der Waals surface area contributed by atoms with E-state index in [0.717, 1.165) is 12.1 Å². The zero-order valence-electron chi connectivity index (χ0n) is 18.0. The van der Waals surface area contributed by atoms with Gasteiger partial charge in [0, 0.05) is 42.5 Å². The number of imidazole rings is 1. The van der Waals surface area contributed by atoms with Crippen LogP contribution in [0.5, 0.6) is 0 Å². The Bertz CT molecular complexity index is 1500. The van der Waals surface area contributed by atoms with Gasteiger partial charge in [-0.1, -0.05) is 18.2 Å². The first-order chi connectivity index (χ1) is 16.9. The van der Waals surface area contributed by atoms with Crippen LogP contribution in [0.2, 0.25) is 0 Å². The van der Waals surface area contributed by atoms with Crippen molar-refractivity contribution in [2.45, 2.75) is 4.90 Å². The number of nitrogens with one attached hydrogen (secondary N) is 3. The summed E-state index contributed by atoms with van der Waals surface area (Å²) in [5, 5.41) is 23.2. The maximum atomic E-state index is 12.4. The number of hydrogen-bond donors (Lipinski definition) is 3. The van der Waals surface area contributed by atoms with E-state index >= 15 is 0 Å². The topological polar surface area (TPSA) is 180 Å². The Morgan fingerprint density at radius 3 is 2.51 bits per heavy atom. The molecule has 35 heavy (non-hydrogen) atoms. The molecule has 0 fully saturated rings. The monoisotopic (exact) mass is 490 g/mol. The van der Waals surface area contributed by atoms with Gasteiger partial charge in [0.25, 0.3) is 5.69 Å². The first-order valence-corrected chi connectivity index (χ1v) is 11.7. The summed E-state index contributed by atoms with van der Waals surface area (Å²) >= 11 is 0. The molecule has 176 valence electrons. The van der Waals surface area contributed by atoms with Crippen LogP contribution in [0.4, 0.5) is 11.6 Å². The van der Waals surface area contributed by atoms with Crippen molar-refractivity contribution in [1.29, 1.82) is 5.26 Å². The fourth-order valence-electron chi connectivity index (χ4n) is 3.25. The van der Waals surface area contributed by atoms with Crippen LogP contribution >= 0.6 is 0 Å². The molecule has 0 radical (unpaired) electrons. The van der Waals surface area contributed by atoms with Gasteiger partial charge in [0.05, 0.1) is 45.4 Å². The molecular formula is C22H18N8O4S. The molecule has 0 bridgehead atoms. The fraction of sp³-hybridized carbons (Fsp3) is 0.0909. The van der Waals surface area contributed by atoms with E-state index in [1.54, 1.807) is 36.7 Å². The van der Waals surface area contributed by atoms with Crippen molar-refractivity contribution in [2.24, 2.45) is 0 Å². The predicted molar refractivity (Wildman–Crippen MR) is 127 cm³/mol. The number of non-ortho nitro benzene ring substituents is 1. The number of aromatic amines is 1. The number of rotatable bonds is 9. The average molecular weight is 491 g/mol. The molecule has 4 rings (SSSR count). The molecule has 0 aliphatic rings. The van der Waals surface area contributed by atoms with Crippen molar-refractivity contribution >= 4 is 21.7 Å². The van der Waals surface area contributed by atoms with E-state index in [-0.39, 0.29) is 29.6 Å². The highest BCUT2D eigenvalue weighted by molar-refractivity contribution is 7.89. The summed E-state index contributed by atoms with van der Waals surface area (Å²) in [6.07, 6.45) is 4.74. The summed E-state index contributed by atoms with van der Waals surface area (Å²) < 4.78 is 27.3. The normalized spacial score (nSPS) is 11.1. The Kier molecular flexibility index (Phi) is 6.76. The maximum Gasteiger partial charge on any atom is 0.269 e. The standard InChI is InChI=1S/C22H18N8O4S/c23-11-15-3-1-2-4-18(15)21-19(20-13-24-14-27-20)12-26-22(29-21)25-9-10-28-35(33,34)17-7-5-16(6-8-17)30(31)32/h1-8,12-14,28H,9-10H2,(H,24,27)(H,25,26,29). The molecule has 0 spiro atoms. The average Bonchev–Trinajstić information content (AvgIpc) is 3.41. The van der Waals surface area contributed by atoms with E-state index in [2.05, 4.69) is 36.0 Å². The van der Waals surface area contributed by atoms with E-state index in [1.165, 1.54) is 18.5 Å². The fourth-order valence-corrected chi connectivity index (χ4v) is 4.28. The second-order valence-corrected chi connectivity index (χ2v) is 8.92. The molecule has 0 aliphatic heterocycles. The summed E-state index contributed by atoms with van der Waals surface area (Å²) in [4.78, 5) is 26.0. The van der Waals surface area contributed by atoms with Crippen molar-refractivity contribution in [3.05, 3.63) is 82.9 Å². The van der Waals surface area contributed by atoms with Crippen molar-refractivity contribution in [3.63, 3.8) is 0 Å². The summed E-state index contributed by atoms with van der Waals surface area (Å²) in [6, 6.07) is 13.8. The number of anilines is 1. The number of benzene rings is 2. The predicted octanol–water partition coefficient (Wildman–Crippen LogP) is 2.70. The Morgan fingerprint density at radius 2 is 1.83 bits per heavy atom. The number of nitrogens with zero attached hydrogens (tertiary/aromatic N) is 5. The number of aromatic nitrogens is 4. The minimum absolute atomic E-state index is 0.00902. The molecule has 13 heteroatoms. The summed E-state index contributed by atoms with van der Waals surface area (Å²) in [7, 11) is -3.85. The molecule has 2 aromatic carbocycles. The lowest BCUT2D eigenvalue weighted by molar-refractivity contribution is -0.384. The molecule has 0 saturated heterocycles. The number of H-pyrrole nitrogens is 1. The van der Waals surface area contributed by atoms with E-state index in [0.29, 0.717) is 28.1 Å². The molecule has 0 aliphatic carbocycles. The van der Waals surface area contributed by atoms with Gasteiger partial charge in [-0.3, -0.25) is 10.1 Å². The lowest BCUT2D eigenvalue weighted by Crippen LogP contribution is -2.29. The Morgan fingerprint density at radius 1 is 1.06 bits per heavy atom. The first-order valence-electron chi connectivity index (χ1n) is 10.2. The minimum Gasteiger partial charge on any atom is -0.353 e. The summed E-state index contributed by atoms with van der Waals surface area (Å²) in [5.74, 6) is 0.241. The quantitative estimate of drug-likeness (QED) is 0.181. The van der Waals surface area contributed by atoms with Gasteiger partial charge in [-0.05, 0) is 18.2 Å². The third-order valence-electron chi connectivity index (χ3n) is 4.94. The highest BCUT2D eigenvalue weighted by Gasteiger charge is 2.17. The molecule has 4 aromatic rings. The molecular weight excluding hydrogens is 472 g/mol. The summed E-state index contributed by atoms with van der Waals surface area (Å²) in [5.41, 5.74) is 2.69. The smallest absolute Gasteiger partial charge is 0.269 e. The SMILES string of the molecule is N#Cc1ccccc1-c1nc(NCCNS(=O)(=O)c2ccc([N+](=O)[O-])cc2)ncc1-c1cnc[nH]1. The Labute approximate surface area is 199 Å². The Hall–Kier alpha value is -4.67. The molecule has 0 atom stereocenters. The van der Waals surface area contributed by atoms with Gasteiger partial charge < -0.3 is 10.3 Å². The van der Waals surface area contributed by atoms with Crippen LogP contribution in [0.3, 0.4) is 0 Å². The van der Waals surface area contributed by atoms with Gasteiger partial charge in [-0.15, -0.1) is 0 Å². The second kappa shape index (κ2) is 10.1. The van der Waals surface area contributed by atoms with E-state index in [1.807, 2.05) is 0 Å². The van der Waals surface area contributed by atoms with Crippen LogP contribution in [-0.2, 0) is 10.0 Å². The number of nitro groups is 1. The van der Waals surface area contributed by atoms with Gasteiger partial charge in [0.1, 0.15) is 0 Å². The highest BCUT2D eigenvalue weighted by atomic mass is 32.2. The third kappa shape index (κ3) is 5.29. The molecule has 2 aromatic heterocycles. The van der Waals surface area contributed by atoms with Gasteiger partial charge in [0.2, 0.25) is 16.0 Å². The zero-order chi connectivity index (χ0) is 24.8. The van der Waals surface area contributed by atoms with Crippen LogP contribution < -0.4 is 10.0 Å². The van der Waals surface area contributed by atoms with Gasteiger partial charge in [-0.25, -0.2) is 28.1 Å². The van der Waals surface area contributed by atoms with Crippen LogP contribution in [0, 0.1) is 21.4 Å². The molecule has 0 unspecified atom stereocenters. The van der Waals surface area contributed by atoms with Crippen LogP contribution in [0.25, 0.3) is 22.5 Å². The second-order valence-electron chi connectivity index (χ2n) is 7.15. The first kappa shape index (κ1) is 23.5. The largest absolute Gasteiger partial charge is 0.353 e. The van der Waals surface area contributed by atoms with E-state index in [4.69, 9.17) is 0 Å². The van der Waals surface area contributed by atoms with Gasteiger partial charge in [0.15, 0.2) is 0 Å². The lowest BCUT2D eigenvalue weighted by Gasteiger charge is -2.12. The van der Waals surface area contributed by atoms with Crippen LogP contribution in [0.1, 0.15) is 5.56 Å².